The smallest absolute Gasteiger partial charge is 0.410 e. The summed E-state index contributed by atoms with van der Waals surface area (Å²) >= 11 is 0. The second-order valence-corrected chi connectivity index (χ2v) is 12.4. The van der Waals surface area contributed by atoms with E-state index in [1.165, 1.54) is 29.2 Å². The van der Waals surface area contributed by atoms with Gasteiger partial charge in [0.15, 0.2) is 0 Å². The molecule has 2 rings (SSSR count). The maximum absolute atomic E-state index is 12.4. The summed E-state index contributed by atoms with van der Waals surface area (Å²) in [7, 11) is -9.60. The van der Waals surface area contributed by atoms with E-state index < -0.39 is 42.4 Å². The molecule has 0 spiro atoms. The number of ether oxygens (including phenoxy) is 1. The van der Waals surface area contributed by atoms with Gasteiger partial charge in [-0.1, -0.05) is 17.7 Å². The van der Waals surface area contributed by atoms with Crippen molar-refractivity contribution >= 4 is 24.1 Å². The Morgan fingerprint density at radius 2 is 1.74 bits per heavy atom. The molecule has 1 atom stereocenters. The highest BCUT2D eigenvalue weighted by atomic mass is 33.2. The third-order valence-corrected chi connectivity index (χ3v) is 8.28. The molecule has 0 radical (unpaired) electrons. The quantitative estimate of drug-likeness (QED) is 0.675. The van der Waals surface area contributed by atoms with Gasteiger partial charge in [-0.2, -0.15) is 8.42 Å². The molecule has 152 valence electrons. The van der Waals surface area contributed by atoms with Crippen LogP contribution in [0.4, 0.5) is 4.79 Å². The van der Waals surface area contributed by atoms with Gasteiger partial charge in [0.2, 0.25) is 0 Å². The molecule has 0 unspecified atom stereocenters. The Balaban J connectivity index is 2.09. The van der Waals surface area contributed by atoms with E-state index in [0.29, 0.717) is 19.4 Å². The molecule has 1 aliphatic rings. The molecule has 1 aromatic carbocycles. The lowest BCUT2D eigenvalue weighted by atomic mass is 10.2. The van der Waals surface area contributed by atoms with Crippen LogP contribution in [0, 0.1) is 6.92 Å². The Kier molecular flexibility index (Phi) is 6.23. The van der Waals surface area contributed by atoms with E-state index >= 15 is 0 Å². The zero-order valence-electron chi connectivity index (χ0n) is 15.8. The van der Waals surface area contributed by atoms with E-state index in [4.69, 9.17) is 8.92 Å². The van der Waals surface area contributed by atoms with Gasteiger partial charge in [-0.3, -0.25) is 4.18 Å². The van der Waals surface area contributed by atoms with Crippen LogP contribution in [0.2, 0.25) is 0 Å². The normalized spacial score (nSPS) is 18.5. The molecule has 0 aliphatic carbocycles. The van der Waals surface area contributed by atoms with Crippen LogP contribution in [0.5, 0.6) is 0 Å². The van der Waals surface area contributed by atoms with Crippen LogP contribution in [0.15, 0.2) is 29.2 Å². The van der Waals surface area contributed by atoms with Crippen LogP contribution in [-0.4, -0.2) is 52.6 Å². The summed E-state index contributed by atoms with van der Waals surface area (Å²) in [5.74, 6) is 0. The minimum absolute atomic E-state index is 0.358. The Morgan fingerprint density at radius 1 is 1.15 bits per heavy atom. The highest BCUT2D eigenvalue weighted by molar-refractivity contribution is 8.65. The van der Waals surface area contributed by atoms with E-state index in [2.05, 4.69) is 0 Å². The van der Waals surface area contributed by atoms with Crippen LogP contribution >= 0.6 is 0 Å². The molecule has 0 saturated carbocycles. The Hall–Kier alpha value is -1.65. The first-order valence-corrected chi connectivity index (χ1v) is 11.9. The van der Waals surface area contributed by atoms with Crippen molar-refractivity contribution in [2.24, 2.45) is 0 Å². The topological polar surface area (TPSA) is 107 Å². The number of benzene rings is 1. The van der Waals surface area contributed by atoms with Gasteiger partial charge in [0.25, 0.3) is 0 Å². The number of carbonyl (C=O) groups is 1. The molecule has 1 heterocycles. The van der Waals surface area contributed by atoms with E-state index in [9.17, 15) is 21.6 Å². The lowest BCUT2D eigenvalue weighted by molar-refractivity contribution is 0.0190. The summed E-state index contributed by atoms with van der Waals surface area (Å²) in [4.78, 5) is 13.2. The number of carbonyl (C=O) groups excluding carboxylic acids is 1. The van der Waals surface area contributed by atoms with Gasteiger partial charge >= 0.3 is 24.1 Å². The molecule has 1 fully saturated rings. The fourth-order valence-electron chi connectivity index (χ4n) is 2.62. The first-order valence-electron chi connectivity index (χ1n) is 8.54. The summed E-state index contributed by atoms with van der Waals surface area (Å²) < 4.78 is 59.3. The molecule has 27 heavy (non-hydrogen) atoms. The van der Waals surface area contributed by atoms with E-state index in [1.807, 2.05) is 0 Å². The van der Waals surface area contributed by atoms with Gasteiger partial charge < -0.3 is 9.64 Å². The minimum Gasteiger partial charge on any atom is -0.444 e. The largest absolute Gasteiger partial charge is 0.444 e. The second kappa shape index (κ2) is 7.76. The average molecular weight is 420 g/mol. The second-order valence-electron chi connectivity index (χ2n) is 7.43. The van der Waals surface area contributed by atoms with Gasteiger partial charge in [-0.25, -0.2) is 13.2 Å². The highest BCUT2D eigenvalue weighted by Gasteiger charge is 2.37. The Bertz CT molecular complexity index is 884. The number of amides is 1. The van der Waals surface area contributed by atoms with Crippen molar-refractivity contribution in [3.05, 3.63) is 29.8 Å². The monoisotopic (exact) mass is 419 g/mol. The molecule has 1 amide bonds. The lowest BCUT2D eigenvalue weighted by Crippen LogP contribution is -2.42. The lowest BCUT2D eigenvalue weighted by Gasteiger charge is -2.28. The predicted molar refractivity (Wildman–Crippen MR) is 99.2 cm³/mol. The van der Waals surface area contributed by atoms with Crippen molar-refractivity contribution in [1.29, 1.82) is 0 Å². The van der Waals surface area contributed by atoms with E-state index in [1.54, 1.807) is 27.7 Å². The molecule has 1 aliphatic heterocycles. The molecule has 8 nitrogen and oxygen atoms in total. The van der Waals surface area contributed by atoms with Crippen LogP contribution in [0.3, 0.4) is 0 Å². The number of hydrogen-bond acceptors (Lipinski definition) is 7. The molecular formula is C17H25NO7S2. The SMILES string of the molecule is Cc1ccc(S(=O)(=O)S(=O)(=O)OC[C@@H]2CCCN2C(=O)OC(C)(C)C)cc1. The standard InChI is InChI=1S/C17H25NO7S2/c1-13-7-9-15(10-8-13)26(20,21)27(22,23)24-12-14-6-5-11-18(14)16(19)25-17(2,3)4/h7-10,14H,5-6,11-12H2,1-4H3/t14-/m0/s1. The summed E-state index contributed by atoms with van der Waals surface area (Å²) in [5, 5.41) is 0. The van der Waals surface area contributed by atoms with Crippen LogP contribution < -0.4 is 0 Å². The van der Waals surface area contributed by atoms with Crippen LogP contribution in [0.1, 0.15) is 39.2 Å². The van der Waals surface area contributed by atoms with Gasteiger partial charge in [-0.15, -0.1) is 0 Å². The van der Waals surface area contributed by atoms with Crippen molar-refractivity contribution in [1.82, 2.24) is 4.90 Å². The molecular weight excluding hydrogens is 394 g/mol. The Morgan fingerprint density at radius 3 is 2.30 bits per heavy atom. The number of aryl methyl sites for hydroxylation is 1. The van der Waals surface area contributed by atoms with E-state index in [-0.39, 0.29) is 4.90 Å². The molecule has 10 heteroatoms. The van der Waals surface area contributed by atoms with E-state index in [0.717, 1.165) is 5.56 Å². The van der Waals surface area contributed by atoms with Crippen molar-refractivity contribution < 1.29 is 30.6 Å². The summed E-state index contributed by atoms with van der Waals surface area (Å²) in [6.07, 6.45) is 0.574. The predicted octanol–water partition coefficient (Wildman–Crippen LogP) is 2.43. The number of likely N-dealkylation sites (tertiary alicyclic amines) is 1. The number of nitrogens with zero attached hydrogens (tertiary/aromatic N) is 1. The van der Waals surface area contributed by atoms with Crippen molar-refractivity contribution in [3.63, 3.8) is 0 Å². The number of hydrogen-bond donors (Lipinski definition) is 0. The average Bonchev–Trinajstić information content (AvgIpc) is 3.00. The van der Waals surface area contributed by atoms with Crippen molar-refractivity contribution in [2.45, 2.75) is 57.1 Å². The third-order valence-electron chi connectivity index (χ3n) is 3.99. The molecule has 0 N–H and O–H groups in total. The third kappa shape index (κ3) is 5.20. The fourth-order valence-corrected chi connectivity index (χ4v) is 5.36. The Labute approximate surface area is 159 Å². The minimum atomic E-state index is -4.90. The number of rotatable bonds is 5. The van der Waals surface area contributed by atoms with Gasteiger partial charge in [0.05, 0.1) is 17.5 Å². The van der Waals surface area contributed by atoms with Gasteiger partial charge in [0.1, 0.15) is 5.60 Å². The first-order chi connectivity index (χ1) is 12.3. The highest BCUT2D eigenvalue weighted by Crippen LogP contribution is 2.24. The summed E-state index contributed by atoms with van der Waals surface area (Å²) in [6, 6.07) is 4.87. The van der Waals surface area contributed by atoms with Crippen molar-refractivity contribution in [3.8, 4) is 0 Å². The molecule has 0 aromatic heterocycles. The maximum Gasteiger partial charge on any atom is 0.410 e. The molecule has 1 saturated heterocycles. The van der Waals surface area contributed by atoms with Crippen LogP contribution in [0.25, 0.3) is 0 Å². The molecule has 1 aromatic rings. The van der Waals surface area contributed by atoms with Crippen LogP contribution in [-0.2, 0) is 26.9 Å². The van der Waals surface area contributed by atoms with Gasteiger partial charge in [-0.05, 0) is 52.7 Å². The van der Waals surface area contributed by atoms with Gasteiger partial charge in [0, 0.05) is 6.54 Å². The fraction of sp³-hybridized carbons (Fsp3) is 0.588. The van der Waals surface area contributed by atoms with Crippen molar-refractivity contribution in [2.75, 3.05) is 13.2 Å². The zero-order chi connectivity index (χ0) is 20.5. The molecule has 0 bridgehead atoms. The summed E-state index contributed by atoms with van der Waals surface area (Å²) in [5.41, 5.74) is 0.109. The summed E-state index contributed by atoms with van der Waals surface area (Å²) in [6.45, 7) is 6.90. The maximum atomic E-state index is 12.4. The zero-order valence-corrected chi connectivity index (χ0v) is 17.5. The first kappa shape index (κ1) is 21.6.